The number of hydrogen-bond donors (Lipinski definition) is 1. The normalized spacial score (nSPS) is 13.4. The van der Waals surface area contributed by atoms with E-state index in [9.17, 15) is 17.6 Å². The molecular weight excluding hydrogens is 286 g/mol. The van der Waals surface area contributed by atoms with Crippen LogP contribution in [0.2, 0.25) is 0 Å². The molecule has 0 saturated carbocycles. The Hall–Kier alpha value is -1.14. The predicted molar refractivity (Wildman–Crippen MR) is 73.5 cm³/mol. The molecule has 1 N–H and O–H groups in total. The van der Waals surface area contributed by atoms with Crippen LogP contribution in [0.4, 0.5) is 17.6 Å². The summed E-state index contributed by atoms with van der Waals surface area (Å²) in [6, 6.07) is 1.87. The van der Waals surface area contributed by atoms with Crippen molar-refractivity contribution in [3.63, 3.8) is 0 Å². The highest BCUT2D eigenvalue weighted by atomic mass is 19.4. The second-order valence-electron chi connectivity index (χ2n) is 4.81. The Balaban J connectivity index is 3.06. The van der Waals surface area contributed by atoms with Gasteiger partial charge in [-0.15, -0.1) is 0 Å². The van der Waals surface area contributed by atoms with Gasteiger partial charge >= 0.3 is 6.18 Å². The van der Waals surface area contributed by atoms with Gasteiger partial charge < -0.3 is 10.1 Å². The molecule has 1 rings (SSSR count). The Kier molecular flexibility index (Phi) is 7.11. The van der Waals surface area contributed by atoms with E-state index in [0.29, 0.717) is 13.2 Å². The third kappa shape index (κ3) is 5.63. The minimum Gasteiger partial charge on any atom is -0.379 e. The SMILES string of the molecule is CCCNC(COCCC)c1cc(F)ccc1C(F)(F)F. The Morgan fingerprint density at radius 2 is 1.90 bits per heavy atom. The van der Waals surface area contributed by atoms with Gasteiger partial charge in [0, 0.05) is 6.61 Å². The van der Waals surface area contributed by atoms with E-state index in [2.05, 4.69) is 5.32 Å². The van der Waals surface area contributed by atoms with Gasteiger partial charge in [0.05, 0.1) is 18.2 Å². The van der Waals surface area contributed by atoms with Crippen molar-refractivity contribution >= 4 is 0 Å². The molecule has 2 nitrogen and oxygen atoms in total. The van der Waals surface area contributed by atoms with Gasteiger partial charge in [0.2, 0.25) is 0 Å². The van der Waals surface area contributed by atoms with E-state index >= 15 is 0 Å². The zero-order chi connectivity index (χ0) is 15.9. The molecule has 0 fully saturated rings. The van der Waals surface area contributed by atoms with Crippen LogP contribution >= 0.6 is 0 Å². The first-order chi connectivity index (χ1) is 9.90. The topological polar surface area (TPSA) is 21.3 Å². The number of rotatable bonds is 8. The Labute approximate surface area is 122 Å². The van der Waals surface area contributed by atoms with Crippen LogP contribution in [0, 0.1) is 5.82 Å². The fraction of sp³-hybridized carbons (Fsp3) is 0.600. The molecule has 0 heterocycles. The molecule has 0 amide bonds. The first-order valence-corrected chi connectivity index (χ1v) is 7.07. The van der Waals surface area contributed by atoms with Crippen molar-refractivity contribution in [1.82, 2.24) is 5.32 Å². The Morgan fingerprint density at radius 3 is 2.48 bits per heavy atom. The van der Waals surface area contributed by atoms with Gasteiger partial charge in [0.15, 0.2) is 0 Å². The highest BCUT2D eigenvalue weighted by molar-refractivity contribution is 5.33. The van der Waals surface area contributed by atoms with E-state index in [0.717, 1.165) is 31.0 Å². The first kappa shape index (κ1) is 17.9. The van der Waals surface area contributed by atoms with Crippen LogP contribution in [-0.2, 0) is 10.9 Å². The summed E-state index contributed by atoms with van der Waals surface area (Å²) >= 11 is 0. The molecule has 0 aliphatic carbocycles. The Bertz CT molecular complexity index is 434. The van der Waals surface area contributed by atoms with Crippen LogP contribution in [0.5, 0.6) is 0 Å². The van der Waals surface area contributed by atoms with E-state index < -0.39 is 23.6 Å². The van der Waals surface area contributed by atoms with Crippen molar-refractivity contribution in [1.29, 1.82) is 0 Å². The van der Waals surface area contributed by atoms with Gasteiger partial charge in [-0.05, 0) is 43.1 Å². The highest BCUT2D eigenvalue weighted by Crippen LogP contribution is 2.35. The van der Waals surface area contributed by atoms with Gasteiger partial charge in [-0.25, -0.2) is 4.39 Å². The summed E-state index contributed by atoms with van der Waals surface area (Å²) in [4.78, 5) is 0. The molecular formula is C15H21F4NO. The molecule has 1 aromatic rings. The molecule has 0 bridgehead atoms. The molecule has 0 radical (unpaired) electrons. The maximum atomic E-state index is 13.4. The van der Waals surface area contributed by atoms with E-state index in [1.807, 2.05) is 13.8 Å². The molecule has 0 aliphatic heterocycles. The minimum absolute atomic E-state index is 0.0837. The van der Waals surface area contributed by atoms with Gasteiger partial charge in [-0.1, -0.05) is 13.8 Å². The summed E-state index contributed by atoms with van der Waals surface area (Å²) in [5.41, 5.74) is -0.926. The van der Waals surface area contributed by atoms with Gasteiger partial charge in [-0.2, -0.15) is 13.2 Å². The third-order valence-corrected chi connectivity index (χ3v) is 2.97. The summed E-state index contributed by atoms with van der Waals surface area (Å²) in [6.45, 7) is 4.90. The maximum Gasteiger partial charge on any atom is 0.416 e. The molecule has 0 aromatic heterocycles. The minimum atomic E-state index is -4.51. The lowest BCUT2D eigenvalue weighted by atomic mass is 9.99. The van der Waals surface area contributed by atoms with Crippen LogP contribution in [0.3, 0.4) is 0 Å². The van der Waals surface area contributed by atoms with Gasteiger partial charge in [-0.3, -0.25) is 0 Å². The average molecular weight is 307 g/mol. The molecule has 0 spiro atoms. The van der Waals surface area contributed by atoms with Crippen LogP contribution in [0.1, 0.15) is 43.9 Å². The standard InChI is InChI=1S/C15H21F4NO/c1-3-7-20-14(10-21-8-4-2)12-9-11(16)5-6-13(12)15(17,18)19/h5-6,9,14,20H,3-4,7-8,10H2,1-2H3. The summed E-state index contributed by atoms with van der Waals surface area (Å²) < 4.78 is 57.9. The van der Waals surface area contributed by atoms with Crippen molar-refractivity contribution in [3.8, 4) is 0 Å². The number of alkyl halides is 3. The second-order valence-corrected chi connectivity index (χ2v) is 4.81. The zero-order valence-electron chi connectivity index (χ0n) is 12.3. The smallest absolute Gasteiger partial charge is 0.379 e. The van der Waals surface area contributed by atoms with Crippen LogP contribution in [-0.4, -0.2) is 19.8 Å². The fourth-order valence-electron chi connectivity index (χ4n) is 2.00. The lowest BCUT2D eigenvalue weighted by molar-refractivity contribution is -0.138. The Morgan fingerprint density at radius 1 is 1.19 bits per heavy atom. The monoisotopic (exact) mass is 307 g/mol. The predicted octanol–water partition coefficient (Wildman–Crippen LogP) is 4.31. The largest absolute Gasteiger partial charge is 0.416 e. The van der Waals surface area contributed by atoms with Gasteiger partial charge in [0.25, 0.3) is 0 Å². The van der Waals surface area contributed by atoms with Crippen molar-refractivity contribution in [3.05, 3.63) is 35.1 Å². The quantitative estimate of drug-likeness (QED) is 0.571. The van der Waals surface area contributed by atoms with Crippen molar-refractivity contribution in [2.24, 2.45) is 0 Å². The fourth-order valence-corrected chi connectivity index (χ4v) is 2.00. The lowest BCUT2D eigenvalue weighted by Gasteiger charge is -2.23. The molecule has 0 aliphatic rings. The van der Waals surface area contributed by atoms with Gasteiger partial charge in [0.1, 0.15) is 5.82 Å². The second kappa shape index (κ2) is 8.34. The third-order valence-electron chi connectivity index (χ3n) is 2.97. The summed E-state index contributed by atoms with van der Waals surface area (Å²) in [7, 11) is 0. The number of ether oxygens (including phenoxy) is 1. The molecule has 120 valence electrons. The van der Waals surface area contributed by atoms with Crippen LogP contribution in [0.25, 0.3) is 0 Å². The zero-order valence-corrected chi connectivity index (χ0v) is 12.3. The van der Waals surface area contributed by atoms with E-state index in [1.54, 1.807) is 0 Å². The molecule has 6 heteroatoms. The number of nitrogens with one attached hydrogen (secondary N) is 1. The lowest BCUT2D eigenvalue weighted by Crippen LogP contribution is -2.29. The molecule has 21 heavy (non-hydrogen) atoms. The number of halogens is 4. The highest BCUT2D eigenvalue weighted by Gasteiger charge is 2.35. The summed E-state index contributed by atoms with van der Waals surface area (Å²) in [6.07, 6.45) is -2.98. The molecule has 1 aromatic carbocycles. The van der Waals surface area contributed by atoms with Crippen molar-refractivity contribution in [2.75, 3.05) is 19.8 Å². The van der Waals surface area contributed by atoms with Crippen LogP contribution < -0.4 is 5.32 Å². The molecule has 1 unspecified atom stereocenters. The molecule has 0 saturated heterocycles. The van der Waals surface area contributed by atoms with E-state index in [-0.39, 0.29) is 12.2 Å². The van der Waals surface area contributed by atoms with E-state index in [1.165, 1.54) is 0 Å². The number of benzene rings is 1. The van der Waals surface area contributed by atoms with Crippen molar-refractivity contribution < 1.29 is 22.3 Å². The van der Waals surface area contributed by atoms with Crippen LogP contribution in [0.15, 0.2) is 18.2 Å². The summed E-state index contributed by atoms with van der Waals surface area (Å²) in [5.74, 6) is -0.684. The first-order valence-electron chi connectivity index (χ1n) is 7.07. The number of hydrogen-bond acceptors (Lipinski definition) is 2. The molecule has 1 atom stereocenters. The van der Waals surface area contributed by atoms with Crippen molar-refractivity contribution in [2.45, 2.75) is 38.9 Å². The summed E-state index contributed by atoms with van der Waals surface area (Å²) in [5, 5.41) is 2.99. The van der Waals surface area contributed by atoms with E-state index in [4.69, 9.17) is 4.74 Å². The maximum absolute atomic E-state index is 13.4. The average Bonchev–Trinajstić information content (AvgIpc) is 2.41.